The second kappa shape index (κ2) is 4.90. The molecule has 0 saturated heterocycles. The van der Waals surface area contributed by atoms with Crippen LogP contribution in [0.2, 0.25) is 0 Å². The first-order valence-electron chi connectivity index (χ1n) is 5.68. The molecule has 90 valence electrons. The Labute approximate surface area is 107 Å². The number of aromatic nitrogens is 2. The molecule has 3 nitrogen and oxygen atoms in total. The van der Waals surface area contributed by atoms with E-state index in [-0.39, 0.29) is 12.4 Å². The number of fused-ring (bicyclic) bond motifs is 1. The molecule has 1 aliphatic heterocycles. The van der Waals surface area contributed by atoms with Crippen LogP contribution in [0.3, 0.4) is 0 Å². The molecule has 4 heteroatoms. The van der Waals surface area contributed by atoms with Crippen LogP contribution >= 0.6 is 12.4 Å². The van der Waals surface area contributed by atoms with Gasteiger partial charge in [0.1, 0.15) is 0 Å². The van der Waals surface area contributed by atoms with Crippen molar-refractivity contribution in [3.8, 4) is 5.69 Å². The molecule has 0 fully saturated rings. The van der Waals surface area contributed by atoms with Crippen molar-refractivity contribution in [1.29, 1.82) is 0 Å². The maximum atomic E-state index is 4.63. The Kier molecular flexibility index (Phi) is 3.50. The molecule has 0 radical (unpaired) electrons. The molecule has 0 atom stereocenters. The maximum Gasteiger partial charge on any atom is 0.0686 e. The zero-order chi connectivity index (χ0) is 11.0. The topological polar surface area (TPSA) is 29.9 Å². The van der Waals surface area contributed by atoms with Gasteiger partial charge in [0.25, 0.3) is 0 Å². The number of nitrogens with zero attached hydrogens (tertiary/aromatic N) is 2. The highest BCUT2D eigenvalue weighted by Crippen LogP contribution is 2.15. The Morgan fingerprint density at radius 2 is 2.00 bits per heavy atom. The third-order valence-corrected chi connectivity index (χ3v) is 3.03. The summed E-state index contributed by atoms with van der Waals surface area (Å²) in [5.74, 6) is 0. The summed E-state index contributed by atoms with van der Waals surface area (Å²) < 4.78 is 1.98. The highest BCUT2D eigenvalue weighted by atomic mass is 35.5. The normalized spacial score (nSPS) is 13.9. The van der Waals surface area contributed by atoms with Crippen molar-refractivity contribution in [3.63, 3.8) is 0 Å². The van der Waals surface area contributed by atoms with Gasteiger partial charge in [0.2, 0.25) is 0 Å². The summed E-state index contributed by atoms with van der Waals surface area (Å²) in [6.45, 7) is 4.08. The van der Waals surface area contributed by atoms with Crippen molar-refractivity contribution < 1.29 is 0 Å². The molecule has 1 aliphatic rings. The lowest BCUT2D eigenvalue weighted by Gasteiger charge is -2.09. The number of benzene rings is 1. The summed E-state index contributed by atoms with van der Waals surface area (Å²) in [5, 5.41) is 7.99. The van der Waals surface area contributed by atoms with E-state index in [1.165, 1.54) is 16.8 Å². The summed E-state index contributed by atoms with van der Waals surface area (Å²) in [5.41, 5.74) is 4.98. The number of halogens is 1. The second-order valence-corrected chi connectivity index (χ2v) is 4.31. The van der Waals surface area contributed by atoms with E-state index in [1.807, 2.05) is 4.68 Å². The van der Waals surface area contributed by atoms with E-state index >= 15 is 0 Å². The third-order valence-electron chi connectivity index (χ3n) is 3.03. The average molecular weight is 250 g/mol. The first-order valence-corrected chi connectivity index (χ1v) is 5.68. The Hall–Kier alpha value is -1.32. The molecular formula is C13H16ClN3. The predicted molar refractivity (Wildman–Crippen MR) is 71.0 cm³/mol. The first kappa shape index (κ1) is 12.1. The van der Waals surface area contributed by atoms with Gasteiger partial charge in [-0.2, -0.15) is 5.10 Å². The SMILES string of the molecule is Cc1ccc(-n2cc3c(n2)CCNC3)cc1.Cl. The van der Waals surface area contributed by atoms with E-state index in [2.05, 4.69) is 47.8 Å². The average Bonchev–Trinajstić information content (AvgIpc) is 2.73. The Morgan fingerprint density at radius 3 is 2.71 bits per heavy atom. The van der Waals surface area contributed by atoms with Crippen LogP contribution < -0.4 is 5.32 Å². The summed E-state index contributed by atoms with van der Waals surface area (Å²) in [6, 6.07) is 8.46. The quantitative estimate of drug-likeness (QED) is 0.840. The number of nitrogens with one attached hydrogen (secondary N) is 1. The summed E-state index contributed by atoms with van der Waals surface area (Å²) in [7, 11) is 0. The van der Waals surface area contributed by atoms with E-state index in [0.717, 1.165) is 25.2 Å². The van der Waals surface area contributed by atoms with Crippen LogP contribution in [0.1, 0.15) is 16.8 Å². The van der Waals surface area contributed by atoms with Gasteiger partial charge in [-0.15, -0.1) is 12.4 Å². The van der Waals surface area contributed by atoms with Gasteiger partial charge in [-0.1, -0.05) is 17.7 Å². The fraction of sp³-hybridized carbons (Fsp3) is 0.308. The summed E-state index contributed by atoms with van der Waals surface area (Å²) in [6.07, 6.45) is 3.17. The molecule has 17 heavy (non-hydrogen) atoms. The zero-order valence-electron chi connectivity index (χ0n) is 9.81. The fourth-order valence-corrected chi connectivity index (χ4v) is 2.06. The minimum Gasteiger partial charge on any atom is -0.312 e. The Morgan fingerprint density at radius 1 is 1.24 bits per heavy atom. The molecule has 0 spiro atoms. The van der Waals surface area contributed by atoms with E-state index in [9.17, 15) is 0 Å². The lowest BCUT2D eigenvalue weighted by molar-refractivity contribution is 0.635. The molecule has 2 aromatic rings. The molecule has 1 aromatic heterocycles. The summed E-state index contributed by atoms with van der Waals surface area (Å²) >= 11 is 0. The molecule has 0 unspecified atom stereocenters. The highest BCUT2D eigenvalue weighted by Gasteiger charge is 2.13. The maximum absolute atomic E-state index is 4.63. The van der Waals surface area contributed by atoms with Crippen molar-refractivity contribution in [2.45, 2.75) is 19.9 Å². The van der Waals surface area contributed by atoms with Gasteiger partial charge in [0.05, 0.1) is 11.4 Å². The molecular weight excluding hydrogens is 234 g/mol. The van der Waals surface area contributed by atoms with Crippen LogP contribution in [0.4, 0.5) is 0 Å². The predicted octanol–water partition coefficient (Wildman–Crippen LogP) is 2.25. The van der Waals surface area contributed by atoms with Gasteiger partial charge in [-0.3, -0.25) is 0 Å². The van der Waals surface area contributed by atoms with Gasteiger partial charge in [0.15, 0.2) is 0 Å². The van der Waals surface area contributed by atoms with Gasteiger partial charge in [0, 0.05) is 31.3 Å². The molecule has 1 N–H and O–H groups in total. The van der Waals surface area contributed by atoms with Crippen LogP contribution in [0.5, 0.6) is 0 Å². The van der Waals surface area contributed by atoms with Crippen molar-refractivity contribution in [2.24, 2.45) is 0 Å². The number of hydrogen-bond acceptors (Lipinski definition) is 2. The van der Waals surface area contributed by atoms with Gasteiger partial charge < -0.3 is 5.32 Å². The fourth-order valence-electron chi connectivity index (χ4n) is 2.06. The standard InChI is InChI=1S/C13H15N3.ClH/c1-10-2-4-12(5-3-10)16-9-11-8-14-7-6-13(11)15-16;/h2-5,9,14H,6-8H2,1H3;1H. The lowest BCUT2D eigenvalue weighted by atomic mass is 10.1. The minimum atomic E-state index is 0. The Bertz CT molecular complexity index is 478. The van der Waals surface area contributed by atoms with Crippen molar-refractivity contribution in [2.75, 3.05) is 6.54 Å². The van der Waals surface area contributed by atoms with Gasteiger partial charge in [-0.25, -0.2) is 4.68 Å². The first-order chi connectivity index (χ1) is 7.83. The monoisotopic (exact) mass is 249 g/mol. The van der Waals surface area contributed by atoms with Crippen LogP contribution in [-0.2, 0) is 13.0 Å². The molecule has 3 rings (SSSR count). The van der Waals surface area contributed by atoms with Crippen LogP contribution in [0.15, 0.2) is 30.5 Å². The van der Waals surface area contributed by atoms with Crippen molar-refractivity contribution in [3.05, 3.63) is 47.3 Å². The number of hydrogen-bond donors (Lipinski definition) is 1. The smallest absolute Gasteiger partial charge is 0.0686 e. The van der Waals surface area contributed by atoms with Crippen LogP contribution in [-0.4, -0.2) is 16.3 Å². The van der Waals surface area contributed by atoms with E-state index in [4.69, 9.17) is 0 Å². The van der Waals surface area contributed by atoms with E-state index in [1.54, 1.807) is 0 Å². The second-order valence-electron chi connectivity index (χ2n) is 4.31. The summed E-state index contributed by atoms with van der Waals surface area (Å²) in [4.78, 5) is 0. The van der Waals surface area contributed by atoms with E-state index < -0.39 is 0 Å². The van der Waals surface area contributed by atoms with Gasteiger partial charge in [-0.05, 0) is 19.1 Å². The third kappa shape index (κ3) is 2.35. The molecule has 0 saturated carbocycles. The highest BCUT2D eigenvalue weighted by molar-refractivity contribution is 5.85. The van der Waals surface area contributed by atoms with Gasteiger partial charge >= 0.3 is 0 Å². The molecule has 1 aromatic carbocycles. The van der Waals surface area contributed by atoms with Crippen molar-refractivity contribution in [1.82, 2.24) is 15.1 Å². The molecule has 0 bridgehead atoms. The zero-order valence-corrected chi connectivity index (χ0v) is 10.6. The van der Waals surface area contributed by atoms with Crippen molar-refractivity contribution >= 4 is 12.4 Å². The lowest BCUT2D eigenvalue weighted by Crippen LogP contribution is -2.22. The van der Waals surface area contributed by atoms with Crippen LogP contribution in [0.25, 0.3) is 5.69 Å². The molecule has 0 amide bonds. The number of rotatable bonds is 1. The molecule has 0 aliphatic carbocycles. The molecule has 2 heterocycles. The van der Waals surface area contributed by atoms with Crippen LogP contribution in [0, 0.1) is 6.92 Å². The largest absolute Gasteiger partial charge is 0.312 e. The number of aryl methyl sites for hydroxylation is 1. The minimum absolute atomic E-state index is 0. The Balaban J connectivity index is 0.00000108. The van der Waals surface area contributed by atoms with E-state index in [0.29, 0.717) is 0 Å².